The van der Waals surface area contributed by atoms with Crippen molar-refractivity contribution in [2.24, 2.45) is 0 Å². The Morgan fingerprint density at radius 1 is 0.877 bits per heavy atom. The minimum atomic E-state index is -0.542. The number of hydrogen-bond donors (Lipinski definition) is 2. The first kappa shape index (κ1) is 43.5. The van der Waals surface area contributed by atoms with Crippen LogP contribution in [0.2, 0.25) is 5.02 Å². The number of benzene rings is 2. The third kappa shape index (κ3) is 8.72. The van der Waals surface area contributed by atoms with Crippen LogP contribution in [0.3, 0.4) is 0 Å². The molecule has 2 aromatic carbocycles. The lowest BCUT2D eigenvalue weighted by atomic mass is 9.97. The number of morpholine rings is 1. The molecule has 334 valence electrons. The largest absolute Gasteiger partial charge is 0.481 e. The minimum Gasteiger partial charge on any atom is -0.481 e. The molecule has 1 amide bonds. The van der Waals surface area contributed by atoms with E-state index < -0.39 is 12.2 Å². The fraction of sp³-hybridized carbons (Fsp3) is 0.367. The van der Waals surface area contributed by atoms with Crippen molar-refractivity contribution in [2.45, 2.75) is 76.9 Å². The molecule has 5 aromatic heterocycles. The van der Waals surface area contributed by atoms with Gasteiger partial charge in [0.2, 0.25) is 0 Å². The molecule has 65 heavy (non-hydrogen) atoms. The van der Waals surface area contributed by atoms with Crippen LogP contribution in [0.25, 0.3) is 42.7 Å². The van der Waals surface area contributed by atoms with Crippen LogP contribution >= 0.6 is 34.3 Å². The minimum absolute atomic E-state index is 0.0360. The highest BCUT2D eigenvalue weighted by Gasteiger charge is 2.36. The van der Waals surface area contributed by atoms with E-state index in [4.69, 9.17) is 30.2 Å². The van der Waals surface area contributed by atoms with Crippen LogP contribution in [0.5, 0.6) is 11.5 Å². The summed E-state index contributed by atoms with van der Waals surface area (Å²) in [5, 5.41) is 30.1. The number of fused-ring (bicyclic) bond motifs is 4. The second kappa shape index (κ2) is 18.8. The Kier molecular flexibility index (Phi) is 12.6. The maximum absolute atomic E-state index is 13.0. The number of pyridine rings is 2. The molecule has 3 unspecified atom stereocenters. The summed E-state index contributed by atoms with van der Waals surface area (Å²) in [5.41, 5.74) is 8.68. The van der Waals surface area contributed by atoms with Crippen LogP contribution in [0, 0.1) is 11.3 Å². The van der Waals surface area contributed by atoms with E-state index >= 15 is 0 Å². The van der Waals surface area contributed by atoms with Crippen LogP contribution < -0.4 is 9.47 Å². The molecule has 11 rings (SSSR count). The summed E-state index contributed by atoms with van der Waals surface area (Å²) >= 11 is 9.63. The number of nitriles is 1. The second-order valence-corrected chi connectivity index (χ2v) is 19.4. The molecule has 0 radical (unpaired) electrons. The van der Waals surface area contributed by atoms with E-state index in [1.807, 2.05) is 60.4 Å². The topological polar surface area (TPSA) is 167 Å². The molecule has 2 fully saturated rings. The first-order chi connectivity index (χ1) is 31.8. The van der Waals surface area contributed by atoms with Gasteiger partial charge in [-0.3, -0.25) is 19.7 Å². The number of aromatic nitrogens is 3. The van der Waals surface area contributed by atoms with Crippen molar-refractivity contribution in [1.29, 1.82) is 5.26 Å². The zero-order valence-electron chi connectivity index (χ0n) is 35.8. The number of hydrogen-bond acceptors (Lipinski definition) is 14. The number of thiophene rings is 2. The van der Waals surface area contributed by atoms with Crippen molar-refractivity contribution in [3.8, 4) is 39.8 Å². The molecule has 3 atom stereocenters. The van der Waals surface area contributed by atoms with Gasteiger partial charge < -0.3 is 33.7 Å². The number of carbonyl (C=O) groups excluding carboxylic acids is 1. The Hall–Kier alpha value is -5.44. The van der Waals surface area contributed by atoms with Crippen LogP contribution in [-0.4, -0.2) is 86.4 Å². The number of carbonyl (C=O) groups is 1. The van der Waals surface area contributed by atoms with Crippen molar-refractivity contribution in [3.63, 3.8) is 0 Å². The number of aliphatic hydroxyl groups excluding tert-OH is 2. The Balaban J connectivity index is 0.000000155. The molecule has 7 aromatic rings. The number of ether oxygens (including phenoxy) is 3. The van der Waals surface area contributed by atoms with Gasteiger partial charge in [-0.25, -0.2) is 4.98 Å². The van der Waals surface area contributed by atoms with Crippen molar-refractivity contribution < 1.29 is 33.6 Å². The number of piperidine rings is 1. The normalized spacial score (nSPS) is 18.7. The van der Waals surface area contributed by atoms with E-state index in [1.54, 1.807) is 23.7 Å². The van der Waals surface area contributed by atoms with Gasteiger partial charge in [0.05, 0.1) is 58.0 Å². The highest BCUT2D eigenvalue weighted by molar-refractivity contribution is 7.20. The van der Waals surface area contributed by atoms with Gasteiger partial charge in [0.1, 0.15) is 17.2 Å². The van der Waals surface area contributed by atoms with E-state index in [0.717, 1.165) is 133 Å². The lowest BCUT2D eigenvalue weighted by Crippen LogP contribution is -2.43. The highest BCUT2D eigenvalue weighted by Crippen LogP contribution is 2.49. The van der Waals surface area contributed by atoms with E-state index in [9.17, 15) is 20.3 Å². The quantitative estimate of drug-likeness (QED) is 0.141. The summed E-state index contributed by atoms with van der Waals surface area (Å²) in [4.78, 5) is 32.4. The molecular formula is C49H47ClN6O7S2. The van der Waals surface area contributed by atoms with Gasteiger partial charge in [-0.05, 0) is 74.2 Å². The molecule has 0 saturated carbocycles. The van der Waals surface area contributed by atoms with Gasteiger partial charge in [-0.2, -0.15) is 5.26 Å². The number of amides is 1. The fourth-order valence-electron chi connectivity index (χ4n) is 9.20. The average molecular weight is 932 g/mol. The molecule has 0 bridgehead atoms. The van der Waals surface area contributed by atoms with Gasteiger partial charge in [-0.1, -0.05) is 18.5 Å². The SMILES string of the molecule is CCC(O)c1cc2nccc(-c3cc(Cl)cc4c3OC(c3ocnc3CN3CCOCC3)C4)c2s1.N#Cc1cc2c(c(-c3ccnc4cc(CO)sc34)c1)OC(C(=O)N1CCCCC1)C2. The first-order valence-corrected chi connectivity index (χ1v) is 24.1. The summed E-state index contributed by atoms with van der Waals surface area (Å²) < 4.78 is 26.0. The molecule has 2 saturated heterocycles. The molecule has 13 nitrogen and oxygen atoms in total. The average Bonchev–Trinajstić information content (AvgIpc) is 4.20. The summed E-state index contributed by atoms with van der Waals surface area (Å²) in [6, 6.07) is 17.5. The molecule has 9 heterocycles. The van der Waals surface area contributed by atoms with Crippen molar-refractivity contribution in [2.75, 3.05) is 39.4 Å². The smallest absolute Gasteiger partial charge is 0.263 e. The van der Waals surface area contributed by atoms with Crippen molar-refractivity contribution >= 4 is 60.6 Å². The van der Waals surface area contributed by atoms with Crippen LogP contribution in [-0.2, 0) is 35.5 Å². The molecule has 2 N–H and O–H groups in total. The molecule has 4 aliphatic heterocycles. The number of aliphatic hydroxyl groups is 2. The molecule has 0 aliphatic carbocycles. The fourth-order valence-corrected chi connectivity index (χ4v) is 11.7. The summed E-state index contributed by atoms with van der Waals surface area (Å²) in [5.74, 6) is 2.29. The summed E-state index contributed by atoms with van der Waals surface area (Å²) in [7, 11) is 0. The van der Waals surface area contributed by atoms with E-state index in [-0.39, 0.29) is 18.6 Å². The predicted octanol–water partition coefficient (Wildman–Crippen LogP) is 9.20. The van der Waals surface area contributed by atoms with Gasteiger partial charge in [-0.15, -0.1) is 22.7 Å². The monoisotopic (exact) mass is 930 g/mol. The lowest BCUT2D eigenvalue weighted by Gasteiger charge is -2.28. The maximum atomic E-state index is 13.0. The zero-order valence-corrected chi connectivity index (χ0v) is 38.2. The summed E-state index contributed by atoms with van der Waals surface area (Å²) in [6.07, 6.45) is 8.76. The standard InChI is InChI=1S/C26H26ClN3O4S.C23H21N3O3S/c1-2-21(31)23-12-19-26(35-23)17(3-4-28-19)18-11-16(27)9-15-10-22(34-24(15)18)25-20(29-14-33-25)13-30-5-7-32-8-6-30;24-12-14-8-15-10-20(23(28)26-6-2-1-3-7-26)29-21(15)18(9-14)17-4-5-25-19-11-16(13-27)30-22(17)19/h3-4,9,11-12,14,21-22,31H,2,5-8,10,13H2,1H3;4-5,8-9,11,20,27H,1-3,6-7,10,13H2. The first-order valence-electron chi connectivity index (χ1n) is 22.1. The Bertz CT molecular complexity index is 2930. The number of oxazole rings is 1. The van der Waals surface area contributed by atoms with Crippen LogP contribution in [0.4, 0.5) is 0 Å². The second-order valence-electron chi connectivity index (χ2n) is 16.7. The van der Waals surface area contributed by atoms with Crippen molar-refractivity contribution in [1.82, 2.24) is 24.8 Å². The Labute approximate surface area is 388 Å². The number of rotatable bonds is 9. The predicted molar refractivity (Wildman–Crippen MR) is 249 cm³/mol. The van der Waals surface area contributed by atoms with E-state index in [1.165, 1.54) is 24.2 Å². The molecule has 16 heteroatoms. The highest BCUT2D eigenvalue weighted by atomic mass is 35.5. The molecule has 4 aliphatic rings. The van der Waals surface area contributed by atoms with E-state index in [2.05, 4.69) is 25.9 Å². The van der Waals surface area contributed by atoms with Crippen LogP contribution in [0.15, 0.2) is 71.7 Å². The zero-order chi connectivity index (χ0) is 44.6. The summed E-state index contributed by atoms with van der Waals surface area (Å²) in [6.45, 7) is 7.45. The Morgan fingerprint density at radius 3 is 2.32 bits per heavy atom. The van der Waals surface area contributed by atoms with Gasteiger partial charge in [0.25, 0.3) is 5.91 Å². The van der Waals surface area contributed by atoms with Gasteiger partial charge in [0, 0.05) is 106 Å². The molecule has 0 spiro atoms. The Morgan fingerprint density at radius 2 is 1.58 bits per heavy atom. The maximum Gasteiger partial charge on any atom is 0.263 e. The van der Waals surface area contributed by atoms with Crippen molar-refractivity contribution in [3.05, 3.63) is 110 Å². The number of halogens is 1. The third-order valence-corrected chi connectivity index (χ3v) is 15.1. The molecular weight excluding hydrogens is 884 g/mol. The van der Waals surface area contributed by atoms with Crippen LogP contribution in [0.1, 0.15) is 82.7 Å². The van der Waals surface area contributed by atoms with E-state index in [0.29, 0.717) is 42.1 Å². The van der Waals surface area contributed by atoms with Gasteiger partial charge in [0.15, 0.2) is 24.4 Å². The lowest BCUT2D eigenvalue weighted by molar-refractivity contribution is -0.138. The number of nitrogens with zero attached hydrogens (tertiary/aromatic N) is 6. The number of likely N-dealkylation sites (tertiary alicyclic amines) is 1. The third-order valence-electron chi connectivity index (χ3n) is 12.5. The van der Waals surface area contributed by atoms with Gasteiger partial charge >= 0.3 is 0 Å².